The topological polar surface area (TPSA) is 24.1 Å². The first-order valence-corrected chi connectivity index (χ1v) is 11.0. The van der Waals surface area contributed by atoms with E-state index >= 15 is 0 Å². The van der Waals surface area contributed by atoms with Gasteiger partial charge in [-0.25, -0.2) is 4.39 Å². The average molecular weight is 443 g/mol. The summed E-state index contributed by atoms with van der Waals surface area (Å²) in [6, 6.07) is 12.1. The molecule has 2 aliphatic rings. The van der Waals surface area contributed by atoms with Crippen molar-refractivity contribution in [2.75, 3.05) is 5.32 Å². The van der Waals surface area contributed by atoms with Gasteiger partial charge >= 0.3 is 0 Å². The van der Waals surface area contributed by atoms with Gasteiger partial charge in [-0.2, -0.15) is 0 Å². The summed E-state index contributed by atoms with van der Waals surface area (Å²) in [5, 5.41) is 7.12. The van der Waals surface area contributed by atoms with Crippen LogP contribution in [0.5, 0.6) is 0 Å². The van der Waals surface area contributed by atoms with Crippen molar-refractivity contribution in [2.24, 2.45) is 0 Å². The molecule has 2 aromatic rings. The van der Waals surface area contributed by atoms with Gasteiger partial charge in [0.05, 0.1) is 6.04 Å². The Kier molecular flexibility index (Phi) is 5.26. The molecule has 28 heavy (non-hydrogen) atoms. The molecule has 1 saturated carbocycles. The number of hydrogen-bond acceptors (Lipinski definition) is 2. The smallest absolute Gasteiger partial charge is 0.123 e. The highest BCUT2D eigenvalue weighted by Gasteiger charge is 2.43. The van der Waals surface area contributed by atoms with Crippen molar-refractivity contribution in [1.29, 1.82) is 0 Å². The SMILES string of the molecule is C=C(NC(C)C)c1ccc2c(c1)C1(CCCC1)CC(c1cc(F)ccc1Br)N2. The predicted molar refractivity (Wildman–Crippen MR) is 119 cm³/mol. The molecule has 1 fully saturated rings. The number of halogens is 2. The van der Waals surface area contributed by atoms with E-state index in [0.29, 0.717) is 6.04 Å². The number of fused-ring (bicyclic) bond motifs is 2. The number of nitrogens with one attached hydrogen (secondary N) is 2. The molecule has 148 valence electrons. The molecular formula is C24H28BrFN2. The van der Waals surface area contributed by atoms with Gasteiger partial charge in [0.25, 0.3) is 0 Å². The third kappa shape index (κ3) is 3.59. The van der Waals surface area contributed by atoms with Crippen LogP contribution in [0.4, 0.5) is 10.1 Å². The number of rotatable bonds is 4. The molecule has 4 heteroatoms. The first-order chi connectivity index (χ1) is 13.4. The Morgan fingerprint density at radius 1 is 1.21 bits per heavy atom. The fourth-order valence-electron chi connectivity index (χ4n) is 4.96. The zero-order valence-electron chi connectivity index (χ0n) is 16.6. The van der Waals surface area contributed by atoms with E-state index in [9.17, 15) is 4.39 Å². The lowest BCUT2D eigenvalue weighted by molar-refractivity contribution is 0.365. The fourth-order valence-corrected chi connectivity index (χ4v) is 5.49. The van der Waals surface area contributed by atoms with Gasteiger partial charge in [0.1, 0.15) is 5.82 Å². The molecule has 1 spiro atoms. The second kappa shape index (κ2) is 7.55. The molecule has 0 amide bonds. The molecule has 1 unspecified atom stereocenters. The van der Waals surface area contributed by atoms with Gasteiger partial charge in [-0.15, -0.1) is 0 Å². The number of hydrogen-bond donors (Lipinski definition) is 2. The van der Waals surface area contributed by atoms with Gasteiger partial charge < -0.3 is 10.6 Å². The van der Waals surface area contributed by atoms with Gasteiger partial charge in [0.15, 0.2) is 0 Å². The zero-order chi connectivity index (χ0) is 19.9. The summed E-state index contributed by atoms with van der Waals surface area (Å²) in [7, 11) is 0. The summed E-state index contributed by atoms with van der Waals surface area (Å²) in [5.41, 5.74) is 5.87. The third-order valence-electron chi connectivity index (χ3n) is 6.22. The van der Waals surface area contributed by atoms with Crippen LogP contribution in [0, 0.1) is 5.82 Å². The minimum atomic E-state index is -0.183. The standard InChI is InChI=1S/C24H28BrFN2/c1-15(2)27-16(3)17-6-9-22-20(12-17)24(10-4-5-11-24)14-23(28-22)19-13-18(26)7-8-21(19)25/h6-9,12-13,15,23,27-28H,3-5,10-11,14H2,1-2H3. The Bertz CT molecular complexity index is 899. The fraction of sp³-hybridized carbons (Fsp3) is 0.417. The third-order valence-corrected chi connectivity index (χ3v) is 6.94. The van der Waals surface area contributed by atoms with Gasteiger partial charge in [-0.1, -0.05) is 41.4 Å². The van der Waals surface area contributed by atoms with E-state index in [0.717, 1.165) is 27.7 Å². The normalized spacial score (nSPS) is 20.1. The highest BCUT2D eigenvalue weighted by atomic mass is 79.9. The first-order valence-electron chi connectivity index (χ1n) is 10.2. The minimum Gasteiger partial charge on any atom is -0.383 e. The van der Waals surface area contributed by atoms with E-state index in [-0.39, 0.29) is 17.3 Å². The summed E-state index contributed by atoms with van der Waals surface area (Å²) in [6.07, 6.45) is 5.89. The molecule has 4 rings (SSSR count). The Morgan fingerprint density at radius 3 is 2.68 bits per heavy atom. The van der Waals surface area contributed by atoms with E-state index in [1.165, 1.54) is 43.0 Å². The molecule has 2 N–H and O–H groups in total. The minimum absolute atomic E-state index is 0.110. The van der Waals surface area contributed by atoms with E-state index in [1.807, 2.05) is 6.07 Å². The van der Waals surface area contributed by atoms with Crippen LogP contribution in [0.15, 0.2) is 47.4 Å². The van der Waals surface area contributed by atoms with Crippen LogP contribution in [-0.4, -0.2) is 6.04 Å². The molecule has 2 aromatic carbocycles. The summed E-state index contributed by atoms with van der Waals surface area (Å²) in [5.74, 6) is -0.183. The van der Waals surface area contributed by atoms with Crippen molar-refractivity contribution in [1.82, 2.24) is 5.32 Å². The van der Waals surface area contributed by atoms with Crippen LogP contribution in [-0.2, 0) is 5.41 Å². The molecule has 1 aliphatic carbocycles. The average Bonchev–Trinajstić information content (AvgIpc) is 3.11. The predicted octanol–water partition coefficient (Wildman–Crippen LogP) is 6.93. The number of anilines is 1. The van der Waals surface area contributed by atoms with Crippen LogP contribution in [0.1, 0.15) is 68.7 Å². The van der Waals surface area contributed by atoms with Crippen molar-refractivity contribution >= 4 is 27.3 Å². The maximum atomic E-state index is 13.9. The lowest BCUT2D eigenvalue weighted by Crippen LogP contribution is -2.34. The molecule has 0 radical (unpaired) electrons. The van der Waals surface area contributed by atoms with Gasteiger partial charge in [-0.05, 0) is 85.5 Å². The highest BCUT2D eigenvalue weighted by molar-refractivity contribution is 9.10. The molecule has 1 atom stereocenters. The van der Waals surface area contributed by atoms with Crippen LogP contribution < -0.4 is 10.6 Å². The van der Waals surface area contributed by atoms with Crippen molar-refractivity contribution < 1.29 is 4.39 Å². The van der Waals surface area contributed by atoms with Gasteiger partial charge in [-0.3, -0.25) is 0 Å². The second-order valence-corrected chi connectivity index (χ2v) is 9.45. The monoisotopic (exact) mass is 442 g/mol. The first kappa shape index (κ1) is 19.5. The summed E-state index contributed by atoms with van der Waals surface area (Å²) in [4.78, 5) is 0. The quantitative estimate of drug-likeness (QED) is 0.536. The summed E-state index contributed by atoms with van der Waals surface area (Å²) < 4.78 is 14.9. The Balaban J connectivity index is 1.74. The largest absolute Gasteiger partial charge is 0.383 e. The van der Waals surface area contributed by atoms with E-state index in [4.69, 9.17) is 0 Å². The van der Waals surface area contributed by atoms with Crippen LogP contribution in [0.2, 0.25) is 0 Å². The van der Waals surface area contributed by atoms with Gasteiger partial charge in [0, 0.05) is 21.9 Å². The van der Waals surface area contributed by atoms with E-state index in [2.05, 4.69) is 65.2 Å². The molecule has 0 bridgehead atoms. The van der Waals surface area contributed by atoms with Crippen LogP contribution in [0.3, 0.4) is 0 Å². The summed E-state index contributed by atoms with van der Waals surface area (Å²) in [6.45, 7) is 8.49. The molecule has 2 nitrogen and oxygen atoms in total. The lowest BCUT2D eigenvalue weighted by atomic mass is 9.69. The summed E-state index contributed by atoms with van der Waals surface area (Å²) >= 11 is 3.63. The molecular weight excluding hydrogens is 415 g/mol. The Morgan fingerprint density at radius 2 is 1.96 bits per heavy atom. The van der Waals surface area contributed by atoms with Crippen molar-refractivity contribution in [3.05, 3.63) is 70.0 Å². The van der Waals surface area contributed by atoms with E-state index in [1.54, 1.807) is 6.07 Å². The molecule has 0 saturated heterocycles. The lowest BCUT2D eigenvalue weighted by Gasteiger charge is -2.42. The highest BCUT2D eigenvalue weighted by Crippen LogP contribution is 2.54. The second-order valence-electron chi connectivity index (χ2n) is 8.59. The Hall–Kier alpha value is -1.81. The van der Waals surface area contributed by atoms with E-state index < -0.39 is 0 Å². The Labute approximate surface area is 175 Å². The van der Waals surface area contributed by atoms with Gasteiger partial charge in [0.2, 0.25) is 0 Å². The van der Waals surface area contributed by atoms with Crippen LogP contribution in [0.25, 0.3) is 5.70 Å². The molecule has 1 heterocycles. The molecule has 0 aromatic heterocycles. The van der Waals surface area contributed by atoms with Crippen molar-refractivity contribution in [3.8, 4) is 0 Å². The zero-order valence-corrected chi connectivity index (χ0v) is 18.2. The molecule has 1 aliphatic heterocycles. The van der Waals surface area contributed by atoms with Crippen molar-refractivity contribution in [3.63, 3.8) is 0 Å². The van der Waals surface area contributed by atoms with Crippen molar-refractivity contribution in [2.45, 2.75) is 63.5 Å². The number of benzene rings is 2. The van der Waals surface area contributed by atoms with Crippen LogP contribution >= 0.6 is 15.9 Å². The maximum absolute atomic E-state index is 13.9. The maximum Gasteiger partial charge on any atom is 0.123 e.